The van der Waals surface area contributed by atoms with Crippen molar-refractivity contribution in [3.05, 3.63) is 35.9 Å². The van der Waals surface area contributed by atoms with Gasteiger partial charge in [0.2, 0.25) is 5.91 Å². The van der Waals surface area contributed by atoms with Gasteiger partial charge in [0.05, 0.1) is 0 Å². The number of esters is 2. The van der Waals surface area contributed by atoms with Crippen LogP contribution in [0.5, 0.6) is 0 Å². The molecule has 26 heavy (non-hydrogen) atoms. The topological polar surface area (TPSA) is 72.9 Å². The van der Waals surface area contributed by atoms with Gasteiger partial charge in [0.1, 0.15) is 18.3 Å². The van der Waals surface area contributed by atoms with Crippen molar-refractivity contribution in [3.8, 4) is 0 Å². The molecule has 0 radical (unpaired) electrons. The van der Waals surface area contributed by atoms with Gasteiger partial charge >= 0.3 is 11.9 Å². The third kappa shape index (κ3) is 7.21. The number of carbonyl (C=O) groups excluding carboxylic acids is 3. The Morgan fingerprint density at radius 1 is 1.15 bits per heavy atom. The normalized spacial score (nSPS) is 13.5. The summed E-state index contributed by atoms with van der Waals surface area (Å²) in [6.45, 7) is 5.30. The Kier molecular flexibility index (Phi) is 7.74. The lowest BCUT2D eigenvalue weighted by Gasteiger charge is -2.29. The highest BCUT2D eigenvalue weighted by Crippen LogP contribution is 2.21. The molecule has 1 aromatic carbocycles. The number of carbonyl (C=O) groups is 3. The summed E-state index contributed by atoms with van der Waals surface area (Å²) in [7, 11) is 1.39. The molecule has 0 aliphatic carbocycles. The molecule has 2 atom stereocenters. The maximum absolute atomic E-state index is 14.0. The second kappa shape index (κ2) is 9.31. The van der Waals surface area contributed by atoms with Crippen molar-refractivity contribution in [3.63, 3.8) is 0 Å². The maximum Gasteiger partial charge on any atom is 0.347 e. The van der Waals surface area contributed by atoms with E-state index in [0.29, 0.717) is 0 Å². The van der Waals surface area contributed by atoms with Crippen molar-refractivity contribution in [2.75, 3.05) is 7.05 Å². The van der Waals surface area contributed by atoms with Gasteiger partial charge in [-0.1, -0.05) is 30.3 Å². The number of rotatable bonds is 8. The van der Waals surface area contributed by atoms with Crippen molar-refractivity contribution in [2.45, 2.75) is 58.5 Å². The molecule has 0 aromatic heterocycles. The highest BCUT2D eigenvalue weighted by molar-refractivity contribution is 5.85. The molecule has 0 unspecified atom stereocenters. The van der Waals surface area contributed by atoms with E-state index in [9.17, 15) is 18.8 Å². The lowest BCUT2D eigenvalue weighted by molar-refractivity contribution is -0.172. The molecule has 1 aromatic rings. The van der Waals surface area contributed by atoms with E-state index in [0.717, 1.165) is 10.5 Å². The van der Waals surface area contributed by atoms with Crippen LogP contribution in [0.25, 0.3) is 0 Å². The van der Waals surface area contributed by atoms with Crippen LogP contribution in [0.4, 0.5) is 4.39 Å². The molecular weight excluding hydrogens is 341 g/mol. The van der Waals surface area contributed by atoms with Crippen LogP contribution >= 0.6 is 0 Å². The van der Waals surface area contributed by atoms with Gasteiger partial charge in [0.25, 0.3) is 0 Å². The van der Waals surface area contributed by atoms with E-state index >= 15 is 0 Å². The first-order chi connectivity index (χ1) is 12.0. The maximum atomic E-state index is 14.0. The average Bonchev–Trinajstić information content (AvgIpc) is 2.56. The summed E-state index contributed by atoms with van der Waals surface area (Å²) in [6.07, 6.45) is -1.41. The molecular formula is C19H26FNO5. The number of ether oxygens (including phenoxy) is 2. The number of likely N-dealkylation sites (N-methyl/N-ethyl adjacent to an activating group) is 1. The van der Waals surface area contributed by atoms with E-state index in [1.54, 1.807) is 12.1 Å². The van der Waals surface area contributed by atoms with Gasteiger partial charge < -0.3 is 14.4 Å². The Bertz CT molecular complexity index is 627. The third-order valence-corrected chi connectivity index (χ3v) is 3.76. The molecule has 0 saturated carbocycles. The molecule has 0 aliphatic heterocycles. The van der Waals surface area contributed by atoms with E-state index in [1.165, 1.54) is 34.7 Å². The van der Waals surface area contributed by atoms with Gasteiger partial charge in [-0.3, -0.25) is 4.79 Å². The summed E-state index contributed by atoms with van der Waals surface area (Å²) in [5.74, 6) is -1.97. The fourth-order valence-electron chi connectivity index (χ4n) is 2.20. The number of hydrogen-bond acceptors (Lipinski definition) is 5. The van der Waals surface area contributed by atoms with Crippen LogP contribution in [0.1, 0.15) is 39.7 Å². The zero-order chi connectivity index (χ0) is 19.9. The number of alkyl halides is 1. The van der Waals surface area contributed by atoms with Crippen LogP contribution in [-0.2, 0) is 30.5 Å². The van der Waals surface area contributed by atoms with Gasteiger partial charge in [-0.2, -0.15) is 0 Å². The molecule has 0 N–H and O–H groups in total. The van der Waals surface area contributed by atoms with Gasteiger partial charge in [-0.15, -0.1) is 0 Å². The quantitative estimate of drug-likeness (QED) is 0.661. The van der Waals surface area contributed by atoms with Crippen LogP contribution in [0.2, 0.25) is 0 Å². The van der Waals surface area contributed by atoms with Gasteiger partial charge in [-0.05, 0) is 26.3 Å². The largest absolute Gasteiger partial charge is 0.458 e. The zero-order valence-electron chi connectivity index (χ0n) is 15.8. The molecule has 1 amide bonds. The molecule has 0 aliphatic rings. The lowest BCUT2D eigenvalue weighted by Crippen LogP contribution is -2.46. The van der Waals surface area contributed by atoms with Crippen molar-refractivity contribution in [1.29, 1.82) is 0 Å². The minimum absolute atomic E-state index is 0.0514. The number of halogens is 1. The van der Waals surface area contributed by atoms with E-state index in [2.05, 4.69) is 0 Å². The Morgan fingerprint density at radius 3 is 2.23 bits per heavy atom. The predicted octanol–water partition coefficient (Wildman–Crippen LogP) is 2.65. The Balaban J connectivity index is 2.68. The second-order valence-corrected chi connectivity index (χ2v) is 6.74. The molecule has 0 spiro atoms. The SMILES string of the molecule is CC(=O)N(C)[C@@H](CC(C)(C)F)C(=O)O[C@H](C)C(=O)OCc1ccccc1. The summed E-state index contributed by atoms with van der Waals surface area (Å²) in [5.41, 5.74) is -0.891. The standard InChI is InChI=1S/C19H26FNO5/c1-13(17(23)25-12-15-9-7-6-8-10-15)26-18(24)16(11-19(3,4)20)21(5)14(2)22/h6-10,13,16H,11-12H2,1-5H3/t13-,16+/m1/s1. The van der Waals surface area contributed by atoms with Crippen molar-refractivity contribution < 1.29 is 28.2 Å². The van der Waals surface area contributed by atoms with Crippen molar-refractivity contribution in [1.82, 2.24) is 4.90 Å². The molecule has 0 heterocycles. The molecule has 0 fully saturated rings. The predicted molar refractivity (Wildman–Crippen MR) is 93.8 cm³/mol. The molecule has 0 saturated heterocycles. The number of hydrogen-bond donors (Lipinski definition) is 0. The summed E-state index contributed by atoms with van der Waals surface area (Å²) in [4.78, 5) is 37.0. The van der Waals surface area contributed by atoms with Crippen LogP contribution in [-0.4, -0.2) is 47.6 Å². The number of amides is 1. The number of nitrogens with zero attached hydrogens (tertiary/aromatic N) is 1. The molecule has 144 valence electrons. The van der Waals surface area contributed by atoms with Crippen molar-refractivity contribution >= 4 is 17.8 Å². The highest BCUT2D eigenvalue weighted by atomic mass is 19.1. The van der Waals surface area contributed by atoms with E-state index in [4.69, 9.17) is 9.47 Å². The Morgan fingerprint density at radius 2 is 1.73 bits per heavy atom. The fraction of sp³-hybridized carbons (Fsp3) is 0.526. The summed E-state index contributed by atoms with van der Waals surface area (Å²) >= 11 is 0. The smallest absolute Gasteiger partial charge is 0.347 e. The highest BCUT2D eigenvalue weighted by Gasteiger charge is 2.35. The molecule has 6 nitrogen and oxygen atoms in total. The molecule has 7 heteroatoms. The van der Waals surface area contributed by atoms with Crippen LogP contribution in [0.3, 0.4) is 0 Å². The van der Waals surface area contributed by atoms with E-state index < -0.39 is 35.7 Å². The average molecular weight is 367 g/mol. The van der Waals surface area contributed by atoms with Gasteiger partial charge in [0.15, 0.2) is 6.10 Å². The molecule has 1 rings (SSSR count). The third-order valence-electron chi connectivity index (χ3n) is 3.76. The first kappa shape index (κ1) is 21.6. The van der Waals surface area contributed by atoms with Gasteiger partial charge in [0, 0.05) is 20.4 Å². The van der Waals surface area contributed by atoms with Crippen molar-refractivity contribution in [2.24, 2.45) is 0 Å². The fourth-order valence-corrected chi connectivity index (χ4v) is 2.20. The lowest BCUT2D eigenvalue weighted by atomic mass is 10.00. The molecule has 0 bridgehead atoms. The van der Waals surface area contributed by atoms with Crippen LogP contribution in [0, 0.1) is 0 Å². The summed E-state index contributed by atoms with van der Waals surface area (Å²) in [6, 6.07) is 7.93. The van der Waals surface area contributed by atoms with Crippen LogP contribution in [0.15, 0.2) is 30.3 Å². The van der Waals surface area contributed by atoms with E-state index in [-0.39, 0.29) is 13.0 Å². The minimum atomic E-state index is -1.69. The van der Waals surface area contributed by atoms with Crippen LogP contribution < -0.4 is 0 Å². The summed E-state index contributed by atoms with van der Waals surface area (Å²) in [5, 5.41) is 0. The minimum Gasteiger partial charge on any atom is -0.458 e. The summed E-state index contributed by atoms with van der Waals surface area (Å²) < 4.78 is 24.2. The first-order valence-electron chi connectivity index (χ1n) is 8.34. The van der Waals surface area contributed by atoms with Gasteiger partial charge in [-0.25, -0.2) is 14.0 Å². The first-order valence-corrected chi connectivity index (χ1v) is 8.34. The van der Waals surface area contributed by atoms with E-state index in [1.807, 2.05) is 18.2 Å². The number of benzene rings is 1. The Labute approximate surface area is 153 Å². The second-order valence-electron chi connectivity index (χ2n) is 6.74. The Hall–Kier alpha value is -2.44. The monoisotopic (exact) mass is 367 g/mol. The zero-order valence-corrected chi connectivity index (χ0v) is 15.8.